The molecule has 0 aliphatic rings. The molecule has 7 heteroatoms. The van der Waals surface area contributed by atoms with E-state index in [-0.39, 0.29) is 43.4 Å². The Hall–Kier alpha value is -2.56. The number of nitriles is 1. The summed E-state index contributed by atoms with van der Waals surface area (Å²) >= 11 is 0. The van der Waals surface area contributed by atoms with Crippen LogP contribution in [0.15, 0.2) is 23.8 Å². The normalized spacial score (nSPS) is 11.0. The average Bonchev–Trinajstić information content (AvgIpc) is 2.48. The second-order valence-electron chi connectivity index (χ2n) is 4.01. The van der Waals surface area contributed by atoms with Crippen molar-refractivity contribution in [2.45, 2.75) is 0 Å². The largest absolute Gasteiger partial charge is 0.504 e. The van der Waals surface area contributed by atoms with Crippen LogP contribution in [0.3, 0.4) is 0 Å². The fraction of sp³-hybridized carbons (Fsp3) is 0.286. The van der Waals surface area contributed by atoms with Crippen LogP contribution in [-0.2, 0) is 9.53 Å². The average molecular weight is 292 g/mol. The lowest BCUT2D eigenvalue weighted by atomic mass is 10.1. The zero-order valence-electron chi connectivity index (χ0n) is 11.2. The highest BCUT2D eigenvalue weighted by Crippen LogP contribution is 2.25. The topological polar surface area (TPSA) is 123 Å². The number of carbonyl (C=O) groups excluding carboxylic acids is 1. The first-order chi connectivity index (χ1) is 10.1. The van der Waals surface area contributed by atoms with Crippen molar-refractivity contribution >= 4 is 12.0 Å². The molecule has 1 aromatic carbocycles. The number of rotatable bonds is 7. The van der Waals surface area contributed by atoms with Crippen molar-refractivity contribution in [3.63, 3.8) is 0 Å². The number of aromatic hydroxyl groups is 2. The number of phenols is 2. The summed E-state index contributed by atoms with van der Waals surface area (Å²) < 4.78 is 4.97. The summed E-state index contributed by atoms with van der Waals surface area (Å²) in [6.45, 7) is 0.523. The van der Waals surface area contributed by atoms with E-state index in [4.69, 9.17) is 15.1 Å². The molecule has 21 heavy (non-hydrogen) atoms. The van der Waals surface area contributed by atoms with E-state index in [1.807, 2.05) is 0 Å². The lowest BCUT2D eigenvalue weighted by Gasteiger charge is -2.05. The zero-order valence-corrected chi connectivity index (χ0v) is 11.2. The second-order valence-corrected chi connectivity index (χ2v) is 4.01. The van der Waals surface area contributed by atoms with E-state index in [0.29, 0.717) is 5.56 Å². The van der Waals surface area contributed by atoms with E-state index in [0.717, 1.165) is 0 Å². The van der Waals surface area contributed by atoms with E-state index in [1.165, 1.54) is 24.3 Å². The molecule has 0 bridgehead atoms. The molecule has 0 saturated heterocycles. The molecule has 0 atom stereocenters. The van der Waals surface area contributed by atoms with Gasteiger partial charge >= 0.3 is 0 Å². The maximum Gasteiger partial charge on any atom is 0.262 e. The Morgan fingerprint density at radius 2 is 2.10 bits per heavy atom. The predicted octanol–water partition coefficient (Wildman–Crippen LogP) is 0.130. The maximum atomic E-state index is 11.7. The number of aliphatic hydroxyl groups excluding tert-OH is 1. The number of carbonyl (C=O) groups is 1. The molecule has 0 saturated carbocycles. The number of aliphatic hydroxyl groups is 1. The van der Waals surface area contributed by atoms with Crippen LogP contribution < -0.4 is 5.32 Å². The van der Waals surface area contributed by atoms with Crippen LogP contribution in [0.1, 0.15) is 5.56 Å². The van der Waals surface area contributed by atoms with Gasteiger partial charge in [0.1, 0.15) is 11.6 Å². The number of phenolic OH excluding ortho intramolecular Hbond substituents is 2. The molecule has 0 heterocycles. The summed E-state index contributed by atoms with van der Waals surface area (Å²) in [7, 11) is 0. The van der Waals surface area contributed by atoms with E-state index in [9.17, 15) is 15.0 Å². The monoisotopic (exact) mass is 292 g/mol. The van der Waals surface area contributed by atoms with Crippen molar-refractivity contribution < 1.29 is 24.9 Å². The minimum Gasteiger partial charge on any atom is -0.504 e. The third kappa shape index (κ3) is 5.52. The SMILES string of the molecule is N#C/C(=C\c1ccc(O)c(O)c1)C(=O)NCCOCCO. The summed E-state index contributed by atoms with van der Waals surface area (Å²) in [5, 5.41) is 38.5. The number of benzene rings is 1. The van der Waals surface area contributed by atoms with Crippen LogP contribution in [0.25, 0.3) is 6.08 Å². The summed E-state index contributed by atoms with van der Waals surface area (Å²) in [5.74, 6) is -1.19. The van der Waals surface area contributed by atoms with Gasteiger partial charge < -0.3 is 25.4 Å². The molecule has 112 valence electrons. The Balaban J connectivity index is 2.64. The number of hydrogen-bond acceptors (Lipinski definition) is 6. The predicted molar refractivity (Wildman–Crippen MR) is 74.3 cm³/mol. The van der Waals surface area contributed by atoms with Gasteiger partial charge in [-0.05, 0) is 23.8 Å². The quantitative estimate of drug-likeness (QED) is 0.245. The lowest BCUT2D eigenvalue weighted by Crippen LogP contribution is -2.28. The number of amides is 1. The fourth-order valence-electron chi connectivity index (χ4n) is 1.44. The molecule has 1 aromatic rings. The van der Waals surface area contributed by atoms with Gasteiger partial charge in [-0.15, -0.1) is 0 Å². The highest BCUT2D eigenvalue weighted by Gasteiger charge is 2.09. The van der Waals surface area contributed by atoms with Crippen LogP contribution in [0, 0.1) is 11.3 Å². The Labute approximate surface area is 121 Å². The van der Waals surface area contributed by atoms with Gasteiger partial charge in [-0.25, -0.2) is 0 Å². The molecule has 4 N–H and O–H groups in total. The van der Waals surface area contributed by atoms with Crippen molar-refractivity contribution in [1.29, 1.82) is 5.26 Å². The third-order valence-corrected chi connectivity index (χ3v) is 2.44. The van der Waals surface area contributed by atoms with Crippen molar-refractivity contribution in [1.82, 2.24) is 5.32 Å². The fourth-order valence-corrected chi connectivity index (χ4v) is 1.44. The Kier molecular flexibility index (Phi) is 6.74. The molecule has 1 amide bonds. The Morgan fingerprint density at radius 1 is 1.33 bits per heavy atom. The number of nitrogens with zero attached hydrogens (tertiary/aromatic N) is 1. The molecule has 0 fully saturated rings. The molecule has 0 aliphatic carbocycles. The summed E-state index contributed by atoms with van der Waals surface area (Å²) in [6, 6.07) is 5.72. The zero-order chi connectivity index (χ0) is 15.7. The number of nitrogens with one attached hydrogen (secondary N) is 1. The molecule has 0 spiro atoms. The van der Waals surface area contributed by atoms with E-state index in [2.05, 4.69) is 5.32 Å². The van der Waals surface area contributed by atoms with Crippen LogP contribution in [0.4, 0.5) is 0 Å². The van der Waals surface area contributed by atoms with Crippen LogP contribution >= 0.6 is 0 Å². The summed E-state index contributed by atoms with van der Waals surface area (Å²) in [5.41, 5.74) is 0.274. The first-order valence-corrected chi connectivity index (χ1v) is 6.19. The number of ether oxygens (including phenoxy) is 1. The Morgan fingerprint density at radius 3 is 2.71 bits per heavy atom. The van der Waals surface area contributed by atoms with E-state index < -0.39 is 5.91 Å². The summed E-state index contributed by atoms with van der Waals surface area (Å²) in [6.07, 6.45) is 1.29. The van der Waals surface area contributed by atoms with E-state index in [1.54, 1.807) is 6.07 Å². The third-order valence-electron chi connectivity index (χ3n) is 2.44. The highest BCUT2D eigenvalue weighted by atomic mass is 16.5. The highest BCUT2D eigenvalue weighted by molar-refractivity contribution is 6.01. The Bertz CT molecular complexity index is 563. The van der Waals surface area contributed by atoms with Gasteiger partial charge in [0.15, 0.2) is 11.5 Å². The molecule has 7 nitrogen and oxygen atoms in total. The van der Waals surface area contributed by atoms with Gasteiger partial charge in [0, 0.05) is 6.54 Å². The molecule has 1 rings (SSSR count). The van der Waals surface area contributed by atoms with Crippen molar-refractivity contribution in [2.75, 3.05) is 26.4 Å². The molecular weight excluding hydrogens is 276 g/mol. The van der Waals surface area contributed by atoms with Crippen LogP contribution in [0.5, 0.6) is 11.5 Å². The minimum absolute atomic E-state index is 0.0956. The van der Waals surface area contributed by atoms with Crippen LogP contribution in [0.2, 0.25) is 0 Å². The first kappa shape index (κ1) is 16.5. The lowest BCUT2D eigenvalue weighted by molar-refractivity contribution is -0.117. The van der Waals surface area contributed by atoms with Gasteiger partial charge in [0.25, 0.3) is 5.91 Å². The van der Waals surface area contributed by atoms with Gasteiger partial charge in [0.2, 0.25) is 0 Å². The van der Waals surface area contributed by atoms with Gasteiger partial charge in [-0.1, -0.05) is 6.07 Å². The molecule has 0 aliphatic heterocycles. The molecule has 0 radical (unpaired) electrons. The summed E-state index contributed by atoms with van der Waals surface area (Å²) in [4.78, 5) is 11.7. The van der Waals surface area contributed by atoms with Gasteiger partial charge in [-0.2, -0.15) is 5.26 Å². The van der Waals surface area contributed by atoms with Crippen molar-refractivity contribution in [3.05, 3.63) is 29.3 Å². The smallest absolute Gasteiger partial charge is 0.262 e. The van der Waals surface area contributed by atoms with Gasteiger partial charge in [0.05, 0.1) is 19.8 Å². The van der Waals surface area contributed by atoms with Crippen molar-refractivity contribution in [3.8, 4) is 17.6 Å². The van der Waals surface area contributed by atoms with Gasteiger partial charge in [-0.3, -0.25) is 4.79 Å². The molecule has 0 aromatic heterocycles. The minimum atomic E-state index is -0.572. The molecular formula is C14H16N2O5. The maximum absolute atomic E-state index is 11.7. The first-order valence-electron chi connectivity index (χ1n) is 6.19. The van der Waals surface area contributed by atoms with Crippen LogP contribution in [-0.4, -0.2) is 47.6 Å². The van der Waals surface area contributed by atoms with Crippen molar-refractivity contribution in [2.24, 2.45) is 0 Å². The number of hydrogen-bond donors (Lipinski definition) is 4. The standard InChI is InChI=1S/C14H16N2O5/c15-9-11(14(20)16-3-5-21-6-4-17)7-10-1-2-12(18)13(19)8-10/h1-2,7-8,17-19H,3-6H2,(H,16,20)/b11-7+. The molecule has 0 unspecified atom stereocenters. The van der Waals surface area contributed by atoms with E-state index >= 15 is 0 Å². The second kappa shape index (κ2) is 8.58.